The maximum Gasteiger partial charge on any atom is 0.243 e. The van der Waals surface area contributed by atoms with Crippen LogP contribution in [0.4, 0.5) is 5.69 Å². The topological polar surface area (TPSA) is 106 Å². The molecule has 5 rings (SSSR count). The van der Waals surface area contributed by atoms with Crippen LogP contribution in [-0.2, 0) is 40.2 Å². The number of morpholine rings is 1. The zero-order chi connectivity index (χ0) is 23.8. The van der Waals surface area contributed by atoms with Gasteiger partial charge in [0.2, 0.25) is 21.8 Å². The quantitative estimate of drug-likeness (QED) is 0.596. The van der Waals surface area contributed by atoms with Gasteiger partial charge in [-0.15, -0.1) is 0 Å². The van der Waals surface area contributed by atoms with Crippen molar-refractivity contribution >= 4 is 27.5 Å². The monoisotopic (exact) mass is 493 g/mol. The molecule has 3 fully saturated rings. The lowest BCUT2D eigenvalue weighted by atomic mass is 10.1. The number of hydrogen-bond donors (Lipinski definition) is 0. The molecule has 0 N–H and O–H groups in total. The number of ether oxygens (including phenoxy) is 3. The number of fused-ring (bicyclic) bond motifs is 1. The Morgan fingerprint density at radius 3 is 2.26 bits per heavy atom. The summed E-state index contributed by atoms with van der Waals surface area (Å²) in [5.41, 5.74) is 1.57. The van der Waals surface area contributed by atoms with Crippen LogP contribution in [0.15, 0.2) is 23.1 Å². The third-order valence-corrected chi connectivity index (χ3v) is 8.99. The van der Waals surface area contributed by atoms with Crippen LogP contribution in [0, 0.1) is 0 Å². The predicted molar refractivity (Wildman–Crippen MR) is 122 cm³/mol. The summed E-state index contributed by atoms with van der Waals surface area (Å²) in [4.78, 5) is 28.8. The highest BCUT2D eigenvalue weighted by Gasteiger charge is 2.43. The van der Waals surface area contributed by atoms with Crippen molar-refractivity contribution in [1.29, 1.82) is 0 Å². The number of amides is 2. The second-order valence-corrected chi connectivity index (χ2v) is 11.0. The number of hydrogen-bond acceptors (Lipinski definition) is 7. The summed E-state index contributed by atoms with van der Waals surface area (Å²) in [5, 5.41) is 0. The van der Waals surface area contributed by atoms with Crippen molar-refractivity contribution in [3.8, 4) is 0 Å². The number of sulfonamides is 1. The standard InChI is InChI=1S/C23H31N3O7S/c27-21(24-11-13-31-14-12-24)3-4-22(28)26-8-5-18-17-19(1-2-20(18)26)34(29,30)25-9-6-23(7-10-25)32-15-16-33-23/h1-2,17H,3-16H2. The molecule has 11 heteroatoms. The van der Waals surface area contributed by atoms with Crippen LogP contribution in [0.1, 0.15) is 31.2 Å². The number of nitrogens with zero attached hydrogens (tertiary/aromatic N) is 3. The molecule has 0 aromatic heterocycles. The van der Waals surface area contributed by atoms with Crippen molar-refractivity contribution in [2.24, 2.45) is 0 Å². The van der Waals surface area contributed by atoms with Crippen molar-refractivity contribution in [3.63, 3.8) is 0 Å². The van der Waals surface area contributed by atoms with Crippen molar-refractivity contribution in [1.82, 2.24) is 9.21 Å². The van der Waals surface area contributed by atoms with E-state index in [0.29, 0.717) is 78.4 Å². The van der Waals surface area contributed by atoms with E-state index in [1.165, 1.54) is 4.31 Å². The molecule has 3 saturated heterocycles. The molecule has 4 aliphatic rings. The molecule has 0 radical (unpaired) electrons. The van der Waals surface area contributed by atoms with E-state index in [0.717, 1.165) is 11.3 Å². The van der Waals surface area contributed by atoms with E-state index < -0.39 is 15.8 Å². The zero-order valence-corrected chi connectivity index (χ0v) is 20.1. The third-order valence-electron chi connectivity index (χ3n) is 7.10. The van der Waals surface area contributed by atoms with E-state index in [1.54, 1.807) is 28.0 Å². The maximum absolute atomic E-state index is 13.2. The Labute approximate surface area is 199 Å². The molecule has 1 aromatic rings. The average Bonchev–Trinajstić information content (AvgIpc) is 3.50. The summed E-state index contributed by atoms with van der Waals surface area (Å²) in [6.07, 6.45) is 1.92. The Bertz CT molecular complexity index is 1040. The van der Waals surface area contributed by atoms with Gasteiger partial charge in [0, 0.05) is 64.1 Å². The second kappa shape index (κ2) is 9.54. The Morgan fingerprint density at radius 2 is 1.56 bits per heavy atom. The Kier molecular flexibility index (Phi) is 6.64. The number of rotatable bonds is 5. The predicted octanol–water partition coefficient (Wildman–Crippen LogP) is 0.742. The minimum atomic E-state index is -3.64. The van der Waals surface area contributed by atoms with Crippen molar-refractivity contribution in [2.45, 2.75) is 42.8 Å². The van der Waals surface area contributed by atoms with Crippen molar-refractivity contribution in [3.05, 3.63) is 23.8 Å². The van der Waals surface area contributed by atoms with Crippen molar-refractivity contribution < 1.29 is 32.2 Å². The fourth-order valence-electron chi connectivity index (χ4n) is 5.12. The first-order valence-corrected chi connectivity index (χ1v) is 13.4. The van der Waals surface area contributed by atoms with Gasteiger partial charge < -0.3 is 24.0 Å². The van der Waals surface area contributed by atoms with E-state index in [-0.39, 0.29) is 29.6 Å². The van der Waals surface area contributed by atoms with Gasteiger partial charge in [0.15, 0.2) is 5.79 Å². The van der Waals surface area contributed by atoms with Gasteiger partial charge in [-0.05, 0) is 30.2 Å². The average molecular weight is 494 g/mol. The van der Waals surface area contributed by atoms with E-state index in [9.17, 15) is 18.0 Å². The second-order valence-electron chi connectivity index (χ2n) is 9.09. The van der Waals surface area contributed by atoms with E-state index >= 15 is 0 Å². The summed E-state index contributed by atoms with van der Waals surface area (Å²) in [5.74, 6) is -0.781. The first-order valence-electron chi connectivity index (χ1n) is 11.9. The minimum Gasteiger partial charge on any atom is -0.378 e. The largest absolute Gasteiger partial charge is 0.378 e. The number of piperidine rings is 1. The van der Waals surface area contributed by atoms with Gasteiger partial charge in [-0.2, -0.15) is 4.31 Å². The molecule has 0 saturated carbocycles. The van der Waals surface area contributed by atoms with Crippen LogP contribution in [-0.4, -0.2) is 94.4 Å². The first kappa shape index (κ1) is 23.7. The van der Waals surface area contributed by atoms with Crippen LogP contribution in [0.25, 0.3) is 0 Å². The normalized spacial score (nSPS) is 22.8. The van der Waals surface area contributed by atoms with Gasteiger partial charge in [0.05, 0.1) is 31.3 Å². The number of carbonyl (C=O) groups excluding carboxylic acids is 2. The summed E-state index contributed by atoms with van der Waals surface area (Å²) >= 11 is 0. The molecular weight excluding hydrogens is 462 g/mol. The zero-order valence-electron chi connectivity index (χ0n) is 19.2. The molecule has 0 bridgehead atoms. The van der Waals surface area contributed by atoms with Crippen LogP contribution < -0.4 is 4.90 Å². The lowest BCUT2D eigenvalue weighted by Crippen LogP contribution is -2.47. The van der Waals surface area contributed by atoms with Gasteiger partial charge in [-0.3, -0.25) is 9.59 Å². The van der Waals surface area contributed by atoms with Gasteiger partial charge >= 0.3 is 0 Å². The number of carbonyl (C=O) groups is 2. The number of benzene rings is 1. The highest BCUT2D eigenvalue weighted by molar-refractivity contribution is 7.89. The Hall–Kier alpha value is -2.05. The highest BCUT2D eigenvalue weighted by Crippen LogP contribution is 2.35. The molecular formula is C23H31N3O7S. The molecule has 34 heavy (non-hydrogen) atoms. The fourth-order valence-corrected chi connectivity index (χ4v) is 6.61. The van der Waals surface area contributed by atoms with E-state index in [2.05, 4.69) is 0 Å². The molecule has 1 aromatic carbocycles. The van der Waals surface area contributed by atoms with Gasteiger partial charge in [-0.1, -0.05) is 0 Å². The summed E-state index contributed by atoms with van der Waals surface area (Å²) in [7, 11) is -3.64. The van der Waals surface area contributed by atoms with Crippen LogP contribution in [0.2, 0.25) is 0 Å². The van der Waals surface area contributed by atoms with E-state index in [1.807, 2.05) is 0 Å². The summed E-state index contributed by atoms with van der Waals surface area (Å²) in [6, 6.07) is 4.97. The SMILES string of the molecule is O=C(CCC(=O)N1CCc2cc(S(=O)(=O)N3CCC4(CC3)OCCO4)ccc21)N1CCOCC1. The van der Waals surface area contributed by atoms with Crippen LogP contribution in [0.3, 0.4) is 0 Å². The molecule has 0 unspecified atom stereocenters. The van der Waals surface area contributed by atoms with Gasteiger partial charge in [0.1, 0.15) is 0 Å². The third kappa shape index (κ3) is 4.59. The lowest BCUT2D eigenvalue weighted by Gasteiger charge is -2.36. The number of anilines is 1. The Balaban J connectivity index is 1.21. The molecule has 0 aliphatic carbocycles. The van der Waals surface area contributed by atoms with Crippen molar-refractivity contribution in [2.75, 3.05) is 64.1 Å². The molecule has 0 atom stereocenters. The van der Waals surface area contributed by atoms with Gasteiger partial charge in [0.25, 0.3) is 0 Å². The maximum atomic E-state index is 13.2. The van der Waals surface area contributed by atoms with Crippen LogP contribution >= 0.6 is 0 Å². The van der Waals surface area contributed by atoms with Crippen LogP contribution in [0.5, 0.6) is 0 Å². The molecule has 4 aliphatic heterocycles. The fraction of sp³-hybridized carbons (Fsp3) is 0.652. The molecule has 186 valence electrons. The molecule has 4 heterocycles. The summed E-state index contributed by atoms with van der Waals surface area (Å²) in [6.45, 7) is 4.48. The minimum absolute atomic E-state index is 0.0331. The molecule has 1 spiro atoms. The summed E-state index contributed by atoms with van der Waals surface area (Å²) < 4.78 is 44.6. The Morgan fingerprint density at radius 1 is 0.882 bits per heavy atom. The smallest absolute Gasteiger partial charge is 0.243 e. The first-order chi connectivity index (χ1) is 16.4. The highest BCUT2D eigenvalue weighted by atomic mass is 32.2. The molecule has 10 nitrogen and oxygen atoms in total. The molecule has 2 amide bonds. The van der Waals surface area contributed by atoms with Gasteiger partial charge in [-0.25, -0.2) is 8.42 Å². The lowest BCUT2D eigenvalue weighted by molar-refractivity contribution is -0.179. The van der Waals surface area contributed by atoms with E-state index in [4.69, 9.17) is 14.2 Å².